The van der Waals surface area contributed by atoms with Crippen LogP contribution in [0.5, 0.6) is 0 Å². The highest BCUT2D eigenvalue weighted by Crippen LogP contribution is 2.06. The van der Waals surface area contributed by atoms with E-state index in [1.54, 1.807) is 12.1 Å². The molecule has 0 aromatic heterocycles. The number of nitrogens with one attached hydrogen (secondary N) is 1. The monoisotopic (exact) mass is 237 g/mol. The second-order valence-corrected chi connectivity index (χ2v) is 3.88. The summed E-state index contributed by atoms with van der Waals surface area (Å²) in [6.45, 7) is 3.12. The van der Waals surface area contributed by atoms with Crippen molar-refractivity contribution in [3.63, 3.8) is 0 Å². The van der Waals surface area contributed by atoms with E-state index >= 15 is 0 Å². The van der Waals surface area contributed by atoms with Crippen molar-refractivity contribution in [2.24, 2.45) is 0 Å². The molecule has 0 aliphatic carbocycles. The molecule has 0 fully saturated rings. The number of carbonyl (C=O) groups is 1. The molecular weight excluding hydrogens is 218 g/mol. The van der Waals surface area contributed by atoms with Crippen LogP contribution in [0.25, 0.3) is 0 Å². The number of esters is 1. The maximum Gasteiger partial charge on any atom is 0.337 e. The van der Waals surface area contributed by atoms with E-state index in [1.807, 2.05) is 19.1 Å². The predicted molar refractivity (Wildman–Crippen MR) is 65.8 cm³/mol. The number of methoxy groups -OCH3 is 1. The molecule has 4 nitrogen and oxygen atoms in total. The van der Waals surface area contributed by atoms with Gasteiger partial charge in [-0.25, -0.2) is 4.79 Å². The molecule has 0 spiro atoms. The van der Waals surface area contributed by atoms with E-state index in [9.17, 15) is 9.90 Å². The lowest BCUT2D eigenvalue weighted by atomic mass is 10.1. The van der Waals surface area contributed by atoms with E-state index in [0.717, 1.165) is 12.0 Å². The van der Waals surface area contributed by atoms with Gasteiger partial charge in [0.1, 0.15) is 0 Å². The summed E-state index contributed by atoms with van der Waals surface area (Å²) in [5, 5.41) is 12.5. The molecule has 1 atom stereocenters. The summed E-state index contributed by atoms with van der Waals surface area (Å²) in [6.07, 6.45) is 0.411. The van der Waals surface area contributed by atoms with Gasteiger partial charge in [0.2, 0.25) is 0 Å². The number of rotatable bonds is 6. The van der Waals surface area contributed by atoms with Gasteiger partial charge in [-0.1, -0.05) is 19.1 Å². The van der Waals surface area contributed by atoms with Crippen LogP contribution >= 0.6 is 0 Å². The van der Waals surface area contributed by atoms with Gasteiger partial charge in [0.05, 0.1) is 18.8 Å². The molecular formula is C13H19NO3. The van der Waals surface area contributed by atoms with E-state index < -0.39 is 0 Å². The van der Waals surface area contributed by atoms with Gasteiger partial charge in [-0.05, 0) is 24.1 Å². The molecule has 1 aromatic carbocycles. The fourth-order valence-electron chi connectivity index (χ4n) is 1.45. The number of carbonyl (C=O) groups excluding carboxylic acids is 1. The molecule has 1 aromatic rings. The van der Waals surface area contributed by atoms with Crippen LogP contribution in [0.15, 0.2) is 24.3 Å². The Labute approximate surface area is 102 Å². The van der Waals surface area contributed by atoms with Gasteiger partial charge < -0.3 is 15.2 Å². The Kier molecular flexibility index (Phi) is 5.66. The van der Waals surface area contributed by atoms with Crippen LogP contribution in [-0.4, -0.2) is 30.8 Å². The zero-order valence-corrected chi connectivity index (χ0v) is 10.3. The Bertz CT molecular complexity index is 365. The molecule has 0 saturated carbocycles. The van der Waals surface area contributed by atoms with E-state index in [4.69, 9.17) is 0 Å². The molecule has 17 heavy (non-hydrogen) atoms. The lowest BCUT2D eigenvalue weighted by Gasteiger charge is -2.09. The fourth-order valence-corrected chi connectivity index (χ4v) is 1.45. The predicted octanol–water partition coefficient (Wildman–Crippen LogP) is 1.33. The highest BCUT2D eigenvalue weighted by Gasteiger charge is 2.05. The van der Waals surface area contributed by atoms with E-state index in [-0.39, 0.29) is 12.1 Å². The van der Waals surface area contributed by atoms with Crippen molar-refractivity contribution < 1.29 is 14.6 Å². The first-order valence-electron chi connectivity index (χ1n) is 5.73. The van der Waals surface area contributed by atoms with Gasteiger partial charge >= 0.3 is 5.97 Å². The molecule has 1 rings (SSSR count). The second-order valence-electron chi connectivity index (χ2n) is 3.88. The summed E-state index contributed by atoms with van der Waals surface area (Å²) in [7, 11) is 1.37. The molecule has 2 N–H and O–H groups in total. The zero-order chi connectivity index (χ0) is 12.7. The van der Waals surface area contributed by atoms with Crippen molar-refractivity contribution in [2.75, 3.05) is 13.7 Å². The van der Waals surface area contributed by atoms with E-state index in [1.165, 1.54) is 7.11 Å². The van der Waals surface area contributed by atoms with Crippen molar-refractivity contribution in [3.05, 3.63) is 35.4 Å². The molecule has 0 heterocycles. The van der Waals surface area contributed by atoms with Crippen molar-refractivity contribution in [1.82, 2.24) is 5.32 Å². The summed E-state index contributed by atoms with van der Waals surface area (Å²) in [6, 6.07) is 7.25. The number of benzene rings is 1. The SMILES string of the molecule is CC[C@@H](O)CNCc1cccc(C(=O)OC)c1. The largest absolute Gasteiger partial charge is 0.465 e. The van der Waals surface area contributed by atoms with E-state index in [0.29, 0.717) is 18.7 Å². The molecule has 0 saturated heterocycles. The van der Waals surface area contributed by atoms with Gasteiger partial charge in [-0.15, -0.1) is 0 Å². The minimum Gasteiger partial charge on any atom is -0.465 e. The first-order chi connectivity index (χ1) is 8.17. The summed E-state index contributed by atoms with van der Waals surface area (Å²) < 4.78 is 4.65. The highest BCUT2D eigenvalue weighted by atomic mass is 16.5. The van der Waals surface area contributed by atoms with Gasteiger partial charge in [-0.3, -0.25) is 0 Å². The Hall–Kier alpha value is -1.39. The number of ether oxygens (including phenoxy) is 1. The quantitative estimate of drug-likeness (QED) is 0.733. The van der Waals surface area contributed by atoms with Gasteiger partial charge in [-0.2, -0.15) is 0 Å². The van der Waals surface area contributed by atoms with Gasteiger partial charge in [0, 0.05) is 13.1 Å². The van der Waals surface area contributed by atoms with Crippen LogP contribution in [0, 0.1) is 0 Å². The molecule has 0 unspecified atom stereocenters. The van der Waals surface area contributed by atoms with E-state index in [2.05, 4.69) is 10.1 Å². The summed E-state index contributed by atoms with van der Waals surface area (Å²) in [5.41, 5.74) is 1.54. The molecule has 0 bridgehead atoms. The van der Waals surface area contributed by atoms with Crippen LogP contribution in [0.2, 0.25) is 0 Å². The summed E-state index contributed by atoms with van der Waals surface area (Å²) >= 11 is 0. The maximum atomic E-state index is 11.3. The minimum atomic E-state index is -0.333. The lowest BCUT2D eigenvalue weighted by Crippen LogP contribution is -2.25. The van der Waals surface area contributed by atoms with Crippen molar-refractivity contribution in [1.29, 1.82) is 0 Å². The fraction of sp³-hybridized carbons (Fsp3) is 0.462. The average Bonchev–Trinajstić information content (AvgIpc) is 2.38. The highest BCUT2D eigenvalue weighted by molar-refractivity contribution is 5.89. The summed E-state index contributed by atoms with van der Waals surface area (Å²) in [4.78, 5) is 11.3. The van der Waals surface area contributed by atoms with Crippen LogP contribution in [-0.2, 0) is 11.3 Å². The van der Waals surface area contributed by atoms with Crippen molar-refractivity contribution >= 4 is 5.97 Å². The average molecular weight is 237 g/mol. The van der Waals surface area contributed by atoms with Gasteiger partial charge in [0.15, 0.2) is 0 Å². The zero-order valence-electron chi connectivity index (χ0n) is 10.3. The Morgan fingerprint density at radius 2 is 2.29 bits per heavy atom. The molecule has 94 valence electrons. The third-order valence-electron chi connectivity index (χ3n) is 2.53. The number of aliphatic hydroxyl groups excluding tert-OH is 1. The Morgan fingerprint density at radius 3 is 2.94 bits per heavy atom. The molecule has 4 heteroatoms. The van der Waals surface area contributed by atoms with Crippen molar-refractivity contribution in [2.45, 2.75) is 26.0 Å². The first-order valence-corrected chi connectivity index (χ1v) is 5.73. The molecule has 0 radical (unpaired) electrons. The topological polar surface area (TPSA) is 58.6 Å². The molecule has 0 aliphatic heterocycles. The van der Waals surface area contributed by atoms with Crippen LogP contribution in [0.4, 0.5) is 0 Å². The molecule has 0 amide bonds. The van der Waals surface area contributed by atoms with Gasteiger partial charge in [0.25, 0.3) is 0 Å². The first kappa shape index (κ1) is 13.7. The molecule has 0 aliphatic rings. The summed E-state index contributed by atoms with van der Waals surface area (Å²) in [5.74, 6) is -0.333. The van der Waals surface area contributed by atoms with Crippen LogP contribution < -0.4 is 5.32 Å². The minimum absolute atomic E-state index is 0.321. The normalized spacial score (nSPS) is 12.2. The van der Waals surface area contributed by atoms with Crippen molar-refractivity contribution in [3.8, 4) is 0 Å². The maximum absolute atomic E-state index is 11.3. The third-order valence-corrected chi connectivity index (χ3v) is 2.53. The third kappa shape index (κ3) is 4.54. The van der Waals surface area contributed by atoms with Crippen LogP contribution in [0.3, 0.4) is 0 Å². The lowest BCUT2D eigenvalue weighted by molar-refractivity contribution is 0.0600. The second kappa shape index (κ2) is 7.04. The smallest absolute Gasteiger partial charge is 0.337 e. The standard InChI is InChI=1S/C13H19NO3/c1-3-12(15)9-14-8-10-5-4-6-11(7-10)13(16)17-2/h4-7,12,14-15H,3,8-9H2,1-2H3/t12-/m1/s1. The number of hydrogen-bond donors (Lipinski definition) is 2. The number of aliphatic hydroxyl groups is 1. The Morgan fingerprint density at radius 1 is 1.53 bits per heavy atom. The van der Waals surface area contributed by atoms with Crippen LogP contribution in [0.1, 0.15) is 29.3 Å². The number of hydrogen-bond acceptors (Lipinski definition) is 4. The Balaban J connectivity index is 2.51.